The Morgan fingerprint density at radius 1 is 1.12 bits per heavy atom. The second-order valence-corrected chi connectivity index (χ2v) is 9.72. The van der Waals surface area contributed by atoms with Crippen LogP contribution in [0.15, 0.2) is 35.1 Å². The van der Waals surface area contributed by atoms with E-state index in [0.717, 1.165) is 44.0 Å². The Kier molecular flexibility index (Phi) is 6.70. The van der Waals surface area contributed by atoms with Crippen molar-refractivity contribution in [3.8, 4) is 0 Å². The number of hydrogen-bond donors (Lipinski definition) is 1. The van der Waals surface area contributed by atoms with E-state index in [9.17, 15) is 18.7 Å². The van der Waals surface area contributed by atoms with Crippen LogP contribution in [0, 0.1) is 19.8 Å². The molecule has 2 fully saturated rings. The molecule has 1 aromatic rings. The van der Waals surface area contributed by atoms with Crippen LogP contribution in [0.4, 0.5) is 8.78 Å². The highest BCUT2D eigenvalue weighted by molar-refractivity contribution is 5.70. The van der Waals surface area contributed by atoms with Crippen LogP contribution in [0.1, 0.15) is 60.8 Å². The molecule has 0 aromatic heterocycles. The van der Waals surface area contributed by atoms with Crippen molar-refractivity contribution in [2.75, 3.05) is 26.2 Å². The molecule has 1 N–H and O–H groups in total. The number of alkyl halides is 2. The summed E-state index contributed by atoms with van der Waals surface area (Å²) in [5.74, 6) is -0.513. The minimum Gasteiger partial charge on any atom is -0.481 e. The number of nitrogens with zero attached hydrogens (tertiary/aromatic N) is 2. The first-order chi connectivity index (χ1) is 15.2. The van der Waals surface area contributed by atoms with Gasteiger partial charge in [0.2, 0.25) is 0 Å². The first kappa shape index (κ1) is 23.0. The Hall–Kier alpha value is -2.21. The van der Waals surface area contributed by atoms with Gasteiger partial charge in [-0.2, -0.15) is 0 Å². The molecule has 2 aliphatic heterocycles. The fourth-order valence-electron chi connectivity index (χ4n) is 5.52. The Labute approximate surface area is 189 Å². The molecular formula is C26H34F2N2O2. The zero-order valence-corrected chi connectivity index (χ0v) is 19.3. The maximum absolute atomic E-state index is 13.5. The van der Waals surface area contributed by atoms with Gasteiger partial charge in [0.1, 0.15) is 0 Å². The Bertz CT molecular complexity index is 916. The van der Waals surface area contributed by atoms with Crippen molar-refractivity contribution in [1.82, 2.24) is 9.80 Å². The SMILES string of the molecule is CC1=CCCC(C(F)F)=C1N1CC(c2cc(C)c(CN3CCC(C(=O)O)CC3)c(C)c2)C1. The van der Waals surface area contributed by atoms with Gasteiger partial charge in [-0.15, -0.1) is 0 Å². The van der Waals surface area contributed by atoms with E-state index in [4.69, 9.17) is 0 Å². The molecule has 0 amide bonds. The third-order valence-electron chi connectivity index (χ3n) is 7.51. The van der Waals surface area contributed by atoms with E-state index in [-0.39, 0.29) is 5.92 Å². The molecule has 1 aliphatic carbocycles. The molecule has 174 valence electrons. The predicted octanol–water partition coefficient (Wildman–Crippen LogP) is 5.26. The van der Waals surface area contributed by atoms with Gasteiger partial charge in [-0.25, -0.2) is 8.78 Å². The number of carbonyl (C=O) groups is 1. The third-order valence-corrected chi connectivity index (χ3v) is 7.51. The first-order valence-electron chi connectivity index (χ1n) is 11.7. The highest BCUT2D eigenvalue weighted by atomic mass is 19.3. The van der Waals surface area contributed by atoms with Crippen LogP contribution < -0.4 is 0 Å². The normalized spacial score (nSPS) is 21.2. The molecular weight excluding hydrogens is 410 g/mol. The maximum Gasteiger partial charge on any atom is 0.306 e. The average Bonchev–Trinajstić information content (AvgIpc) is 2.71. The molecule has 2 saturated heterocycles. The molecule has 6 heteroatoms. The zero-order valence-electron chi connectivity index (χ0n) is 19.3. The fraction of sp³-hybridized carbons (Fsp3) is 0.577. The first-order valence-corrected chi connectivity index (χ1v) is 11.7. The summed E-state index contributed by atoms with van der Waals surface area (Å²) in [5.41, 5.74) is 7.21. The second-order valence-electron chi connectivity index (χ2n) is 9.72. The van der Waals surface area contributed by atoms with Crippen LogP contribution in [0.2, 0.25) is 0 Å². The average molecular weight is 445 g/mol. The van der Waals surface area contributed by atoms with Crippen LogP contribution in [0.5, 0.6) is 0 Å². The number of benzene rings is 1. The van der Waals surface area contributed by atoms with E-state index in [1.165, 1.54) is 22.3 Å². The lowest BCUT2D eigenvalue weighted by atomic mass is 9.85. The van der Waals surface area contributed by atoms with Gasteiger partial charge in [0.05, 0.1) is 5.92 Å². The van der Waals surface area contributed by atoms with E-state index in [1.807, 2.05) is 6.92 Å². The lowest BCUT2D eigenvalue weighted by Gasteiger charge is -2.45. The van der Waals surface area contributed by atoms with E-state index in [2.05, 4.69) is 41.9 Å². The minimum atomic E-state index is -2.38. The van der Waals surface area contributed by atoms with Crippen molar-refractivity contribution in [2.45, 2.75) is 65.3 Å². The van der Waals surface area contributed by atoms with Crippen LogP contribution in [-0.4, -0.2) is 53.5 Å². The van der Waals surface area contributed by atoms with Gasteiger partial charge in [0, 0.05) is 36.8 Å². The van der Waals surface area contributed by atoms with Crippen LogP contribution in [0.25, 0.3) is 0 Å². The standard InChI is InChI=1S/C26H34F2N2O2/c1-16-5-4-6-22(25(27)28)24(16)30-13-21(14-30)20-11-17(2)23(18(3)12-20)15-29-9-7-19(8-10-29)26(31)32/h5,11-12,19,21,25H,4,6-10,13-15H2,1-3H3,(H,31,32). The molecule has 0 radical (unpaired) electrons. The summed E-state index contributed by atoms with van der Waals surface area (Å²) in [6.45, 7) is 10.3. The summed E-state index contributed by atoms with van der Waals surface area (Å²) < 4.78 is 27.1. The minimum absolute atomic E-state index is 0.208. The van der Waals surface area contributed by atoms with E-state index >= 15 is 0 Å². The number of aryl methyl sites for hydroxylation is 2. The molecule has 0 bridgehead atoms. The second kappa shape index (κ2) is 9.34. The predicted molar refractivity (Wildman–Crippen MR) is 122 cm³/mol. The lowest BCUT2D eigenvalue weighted by Crippen LogP contribution is -2.45. The van der Waals surface area contributed by atoms with E-state index < -0.39 is 12.4 Å². The molecule has 0 spiro atoms. The van der Waals surface area contributed by atoms with Gasteiger partial charge in [0.25, 0.3) is 6.43 Å². The lowest BCUT2D eigenvalue weighted by molar-refractivity contribution is -0.143. The number of rotatable bonds is 6. The van der Waals surface area contributed by atoms with Crippen LogP contribution in [-0.2, 0) is 11.3 Å². The third kappa shape index (κ3) is 4.61. The number of aliphatic carboxylic acids is 1. The summed E-state index contributed by atoms with van der Waals surface area (Å²) >= 11 is 0. The summed E-state index contributed by atoms with van der Waals surface area (Å²) in [6, 6.07) is 4.53. The van der Waals surface area contributed by atoms with Gasteiger partial charge < -0.3 is 10.0 Å². The Balaban J connectivity index is 1.41. The fourth-order valence-corrected chi connectivity index (χ4v) is 5.52. The van der Waals surface area contributed by atoms with Gasteiger partial charge in [0.15, 0.2) is 0 Å². The van der Waals surface area contributed by atoms with Gasteiger partial charge >= 0.3 is 5.97 Å². The van der Waals surface area contributed by atoms with E-state index in [1.54, 1.807) is 0 Å². The van der Waals surface area contributed by atoms with Gasteiger partial charge in [-0.3, -0.25) is 9.69 Å². The quantitative estimate of drug-likeness (QED) is 0.650. The molecule has 0 atom stereocenters. The van der Waals surface area contributed by atoms with Crippen molar-refractivity contribution in [3.63, 3.8) is 0 Å². The zero-order chi connectivity index (χ0) is 23.0. The van der Waals surface area contributed by atoms with Gasteiger partial charge in [-0.05, 0) is 87.4 Å². The molecule has 1 aromatic carbocycles. The number of hydrogen-bond acceptors (Lipinski definition) is 3. The highest BCUT2D eigenvalue weighted by Crippen LogP contribution is 2.39. The van der Waals surface area contributed by atoms with Crippen molar-refractivity contribution in [3.05, 3.63) is 57.3 Å². The summed E-state index contributed by atoms with van der Waals surface area (Å²) in [5, 5.41) is 9.21. The topological polar surface area (TPSA) is 43.8 Å². The number of halogens is 2. The van der Waals surface area contributed by atoms with Crippen molar-refractivity contribution in [1.29, 1.82) is 0 Å². The number of piperidine rings is 1. The maximum atomic E-state index is 13.5. The Morgan fingerprint density at radius 2 is 1.75 bits per heavy atom. The van der Waals surface area contributed by atoms with Crippen LogP contribution >= 0.6 is 0 Å². The number of likely N-dealkylation sites (tertiary alicyclic amines) is 2. The molecule has 2 heterocycles. The monoisotopic (exact) mass is 444 g/mol. The summed E-state index contributed by atoms with van der Waals surface area (Å²) in [4.78, 5) is 15.7. The van der Waals surface area contributed by atoms with Crippen molar-refractivity contribution >= 4 is 5.97 Å². The molecule has 4 rings (SSSR count). The van der Waals surface area contributed by atoms with Crippen molar-refractivity contribution in [2.24, 2.45) is 5.92 Å². The Morgan fingerprint density at radius 3 is 2.31 bits per heavy atom. The number of carboxylic acid groups (broad SMARTS) is 1. The van der Waals surface area contributed by atoms with E-state index in [0.29, 0.717) is 37.2 Å². The number of allylic oxidation sites excluding steroid dienone is 3. The molecule has 4 nitrogen and oxygen atoms in total. The highest BCUT2D eigenvalue weighted by Gasteiger charge is 2.34. The molecule has 0 saturated carbocycles. The molecule has 32 heavy (non-hydrogen) atoms. The number of carboxylic acids is 1. The largest absolute Gasteiger partial charge is 0.481 e. The van der Waals surface area contributed by atoms with Crippen LogP contribution in [0.3, 0.4) is 0 Å². The summed E-state index contributed by atoms with van der Waals surface area (Å²) in [7, 11) is 0. The van der Waals surface area contributed by atoms with Gasteiger partial charge in [-0.1, -0.05) is 18.2 Å². The van der Waals surface area contributed by atoms with Crippen molar-refractivity contribution < 1.29 is 18.7 Å². The smallest absolute Gasteiger partial charge is 0.306 e. The summed E-state index contributed by atoms with van der Waals surface area (Å²) in [6.07, 6.45) is 2.30. The molecule has 0 unspecified atom stereocenters. The molecule has 3 aliphatic rings.